The molecule has 0 bridgehead atoms. The first-order valence-corrected chi connectivity index (χ1v) is 7.95. The minimum absolute atomic E-state index is 0.00852. The molecular formula is C12H20N6O3S. The van der Waals surface area contributed by atoms with E-state index >= 15 is 0 Å². The highest BCUT2D eigenvalue weighted by Crippen LogP contribution is 2.19. The maximum atomic E-state index is 12.3. The van der Waals surface area contributed by atoms with Gasteiger partial charge in [0.2, 0.25) is 0 Å². The Morgan fingerprint density at radius 3 is 2.86 bits per heavy atom. The van der Waals surface area contributed by atoms with Crippen LogP contribution in [-0.4, -0.2) is 60.8 Å². The van der Waals surface area contributed by atoms with Gasteiger partial charge in [-0.05, 0) is 41.8 Å². The van der Waals surface area contributed by atoms with Crippen LogP contribution in [0.3, 0.4) is 0 Å². The van der Waals surface area contributed by atoms with E-state index in [4.69, 9.17) is 4.74 Å². The predicted octanol–water partition coefficient (Wildman–Crippen LogP) is 0.389. The Hall–Kier alpha value is -1.68. The molecule has 2 rings (SSSR count). The normalized spacial score (nSPS) is 17.7. The predicted molar refractivity (Wildman–Crippen MR) is 80.3 cm³/mol. The average molecular weight is 328 g/mol. The molecular weight excluding hydrogens is 308 g/mol. The molecule has 1 fully saturated rings. The number of amides is 1. The van der Waals surface area contributed by atoms with Gasteiger partial charge in [-0.2, -0.15) is 4.68 Å². The Labute approximate surface area is 132 Å². The Bertz CT molecular complexity index is 529. The standard InChI is InChI=1S/C12H20N6O3S/c1-8(2)22-18(7-10(19)9-5-4-6-13-9)12(20)21-11-14-15-16-17(11)3/h8-9,13H,4-7H2,1-3H3/t9-/m0/s1. The number of ether oxygens (including phenoxy) is 1. The molecule has 10 heteroatoms. The summed E-state index contributed by atoms with van der Waals surface area (Å²) in [6.45, 7) is 4.70. The van der Waals surface area contributed by atoms with E-state index in [1.165, 1.54) is 20.9 Å². The van der Waals surface area contributed by atoms with E-state index in [0.717, 1.165) is 19.4 Å². The fraction of sp³-hybridized carbons (Fsp3) is 0.750. The number of carbonyl (C=O) groups is 2. The van der Waals surface area contributed by atoms with Crippen molar-refractivity contribution in [1.29, 1.82) is 0 Å². The zero-order chi connectivity index (χ0) is 16.1. The molecule has 0 aromatic carbocycles. The lowest BCUT2D eigenvalue weighted by Crippen LogP contribution is -2.41. The van der Waals surface area contributed by atoms with Crippen molar-refractivity contribution in [3.8, 4) is 6.01 Å². The summed E-state index contributed by atoms with van der Waals surface area (Å²) in [6, 6.07) is -0.189. The lowest BCUT2D eigenvalue weighted by Gasteiger charge is -2.22. The summed E-state index contributed by atoms with van der Waals surface area (Å²) in [4.78, 5) is 24.5. The molecule has 0 saturated carbocycles. The molecule has 9 nitrogen and oxygen atoms in total. The minimum atomic E-state index is -0.650. The molecule has 0 radical (unpaired) electrons. The molecule has 1 aromatic heterocycles. The molecule has 1 aliphatic heterocycles. The second-order valence-electron chi connectivity index (χ2n) is 5.26. The highest BCUT2D eigenvalue weighted by Gasteiger charge is 2.28. The van der Waals surface area contributed by atoms with Crippen molar-refractivity contribution in [3.05, 3.63) is 0 Å². The van der Waals surface area contributed by atoms with Crippen molar-refractivity contribution < 1.29 is 14.3 Å². The molecule has 0 aliphatic carbocycles. The molecule has 1 saturated heterocycles. The number of carbonyl (C=O) groups excluding carboxylic acids is 2. The first-order chi connectivity index (χ1) is 10.5. The van der Waals surface area contributed by atoms with E-state index in [0.29, 0.717) is 0 Å². The van der Waals surface area contributed by atoms with Gasteiger partial charge in [-0.1, -0.05) is 18.9 Å². The van der Waals surface area contributed by atoms with E-state index in [2.05, 4.69) is 20.8 Å². The number of rotatable bonds is 6. The first-order valence-electron chi connectivity index (χ1n) is 7.12. The van der Waals surface area contributed by atoms with Crippen molar-refractivity contribution in [2.24, 2.45) is 7.05 Å². The maximum Gasteiger partial charge on any atom is 0.428 e. The number of aryl methyl sites for hydroxylation is 1. The van der Waals surface area contributed by atoms with Gasteiger partial charge in [-0.15, -0.1) is 0 Å². The smallest absolute Gasteiger partial charge is 0.372 e. The summed E-state index contributed by atoms with van der Waals surface area (Å²) >= 11 is 1.25. The van der Waals surface area contributed by atoms with Crippen molar-refractivity contribution in [2.75, 3.05) is 13.1 Å². The van der Waals surface area contributed by atoms with Crippen LogP contribution in [0.5, 0.6) is 6.01 Å². The summed E-state index contributed by atoms with van der Waals surface area (Å²) in [7, 11) is 1.57. The Balaban J connectivity index is 1.99. The third-order valence-electron chi connectivity index (χ3n) is 3.05. The van der Waals surface area contributed by atoms with Crippen molar-refractivity contribution in [1.82, 2.24) is 29.8 Å². The van der Waals surface area contributed by atoms with E-state index in [1.54, 1.807) is 7.05 Å². The van der Waals surface area contributed by atoms with Crippen LogP contribution < -0.4 is 10.1 Å². The van der Waals surface area contributed by atoms with Crippen LogP contribution in [0.25, 0.3) is 0 Å². The highest BCUT2D eigenvalue weighted by atomic mass is 32.2. The molecule has 1 aromatic rings. The van der Waals surface area contributed by atoms with Gasteiger partial charge in [0.15, 0.2) is 5.78 Å². The number of nitrogens with zero attached hydrogens (tertiary/aromatic N) is 5. The number of Topliss-reactive ketones (excluding diaryl/α,β-unsaturated/α-hetero) is 1. The molecule has 1 atom stereocenters. The summed E-state index contributed by atoms with van der Waals surface area (Å²) in [5.74, 6) is -0.0151. The van der Waals surface area contributed by atoms with Gasteiger partial charge in [0, 0.05) is 12.3 Å². The van der Waals surface area contributed by atoms with Gasteiger partial charge in [-0.3, -0.25) is 4.79 Å². The second-order valence-corrected chi connectivity index (χ2v) is 6.85. The van der Waals surface area contributed by atoms with Crippen LogP contribution in [-0.2, 0) is 11.8 Å². The van der Waals surface area contributed by atoms with E-state index in [1.807, 2.05) is 13.8 Å². The second kappa shape index (κ2) is 7.54. The van der Waals surface area contributed by atoms with Gasteiger partial charge < -0.3 is 10.1 Å². The summed E-state index contributed by atoms with van der Waals surface area (Å²) in [6.07, 6.45) is 1.13. The monoisotopic (exact) mass is 328 g/mol. The molecule has 1 aliphatic rings. The zero-order valence-corrected chi connectivity index (χ0v) is 13.7. The number of nitrogens with one attached hydrogen (secondary N) is 1. The van der Waals surface area contributed by atoms with Crippen molar-refractivity contribution >= 4 is 23.8 Å². The minimum Gasteiger partial charge on any atom is -0.372 e. The Kier molecular flexibility index (Phi) is 5.72. The number of aromatic nitrogens is 4. The van der Waals surface area contributed by atoms with Gasteiger partial charge in [0.25, 0.3) is 0 Å². The number of hydrogen-bond donors (Lipinski definition) is 1. The van der Waals surface area contributed by atoms with Crippen molar-refractivity contribution in [3.63, 3.8) is 0 Å². The lowest BCUT2D eigenvalue weighted by atomic mass is 10.1. The number of hydrogen-bond acceptors (Lipinski definition) is 8. The Morgan fingerprint density at radius 2 is 2.32 bits per heavy atom. The van der Waals surface area contributed by atoms with Crippen LogP contribution in [0.1, 0.15) is 26.7 Å². The van der Waals surface area contributed by atoms with E-state index < -0.39 is 6.09 Å². The first kappa shape index (κ1) is 16.7. The average Bonchev–Trinajstić information content (AvgIpc) is 3.10. The number of ketones is 1. The molecule has 0 spiro atoms. The molecule has 22 heavy (non-hydrogen) atoms. The topological polar surface area (TPSA) is 102 Å². The van der Waals surface area contributed by atoms with E-state index in [-0.39, 0.29) is 29.6 Å². The van der Waals surface area contributed by atoms with Crippen LogP contribution >= 0.6 is 11.9 Å². The quantitative estimate of drug-likeness (QED) is 0.748. The molecule has 122 valence electrons. The summed E-state index contributed by atoms with van der Waals surface area (Å²) in [5, 5.41) is 13.9. The van der Waals surface area contributed by atoms with Gasteiger partial charge in [0.1, 0.15) is 0 Å². The maximum absolute atomic E-state index is 12.3. The summed E-state index contributed by atoms with van der Waals surface area (Å²) < 4.78 is 7.70. The van der Waals surface area contributed by atoms with Gasteiger partial charge >= 0.3 is 12.1 Å². The lowest BCUT2D eigenvalue weighted by molar-refractivity contribution is -0.120. The fourth-order valence-electron chi connectivity index (χ4n) is 2.05. The molecule has 2 heterocycles. The SMILES string of the molecule is CC(C)SN(CC(=O)[C@@H]1CCCN1)C(=O)Oc1nnnn1C. The third kappa shape index (κ3) is 4.41. The van der Waals surface area contributed by atoms with Crippen molar-refractivity contribution in [2.45, 2.75) is 38.0 Å². The summed E-state index contributed by atoms with van der Waals surface area (Å²) in [5.41, 5.74) is 0. The van der Waals surface area contributed by atoms with Crippen LogP contribution in [0.4, 0.5) is 4.79 Å². The molecule has 1 amide bonds. The highest BCUT2D eigenvalue weighted by molar-refractivity contribution is 7.98. The van der Waals surface area contributed by atoms with Crippen LogP contribution in [0.15, 0.2) is 0 Å². The fourth-order valence-corrected chi connectivity index (χ4v) is 2.88. The molecule has 0 unspecified atom stereocenters. The van der Waals surface area contributed by atoms with Crippen LogP contribution in [0, 0.1) is 0 Å². The Morgan fingerprint density at radius 1 is 1.55 bits per heavy atom. The molecule has 1 N–H and O–H groups in total. The van der Waals surface area contributed by atoms with Crippen LogP contribution in [0.2, 0.25) is 0 Å². The van der Waals surface area contributed by atoms with Gasteiger partial charge in [0.05, 0.1) is 12.6 Å². The van der Waals surface area contributed by atoms with E-state index in [9.17, 15) is 9.59 Å². The number of tetrazole rings is 1. The van der Waals surface area contributed by atoms with Gasteiger partial charge in [-0.25, -0.2) is 9.10 Å². The largest absolute Gasteiger partial charge is 0.428 e. The third-order valence-corrected chi connectivity index (χ3v) is 4.00. The zero-order valence-electron chi connectivity index (χ0n) is 12.9.